The zero-order chi connectivity index (χ0) is 23.5. The van der Waals surface area contributed by atoms with Crippen molar-refractivity contribution in [3.63, 3.8) is 0 Å². The molecule has 0 amide bonds. The lowest BCUT2D eigenvalue weighted by Crippen LogP contribution is -2.12. The summed E-state index contributed by atoms with van der Waals surface area (Å²) >= 11 is 6.22. The standard InChI is InChI=1S/C22H18ClN3O7/c1-3-31-22(27)33-21-13(11-30-2)19-16(10-24-21)25-15-5-4-6-18(20(15)19)32-17-8-7-12(26(28)29)9-14(17)23/h4-10,25H,3,11H2,1-2H3. The zero-order valence-corrected chi connectivity index (χ0v) is 18.3. The summed E-state index contributed by atoms with van der Waals surface area (Å²) in [6.07, 6.45) is 0.654. The fourth-order valence-electron chi connectivity index (χ4n) is 3.44. The molecule has 0 atom stereocenters. The van der Waals surface area contributed by atoms with E-state index in [1.165, 1.54) is 31.5 Å². The molecule has 4 rings (SSSR count). The summed E-state index contributed by atoms with van der Waals surface area (Å²) in [5.74, 6) is 0.724. The summed E-state index contributed by atoms with van der Waals surface area (Å²) in [6, 6.07) is 9.32. The first-order chi connectivity index (χ1) is 15.9. The van der Waals surface area contributed by atoms with Gasteiger partial charge in [-0.3, -0.25) is 10.1 Å². The quantitative estimate of drug-likeness (QED) is 0.205. The highest BCUT2D eigenvalue weighted by atomic mass is 35.5. The van der Waals surface area contributed by atoms with Crippen molar-refractivity contribution in [2.75, 3.05) is 13.7 Å². The second-order valence-corrected chi connectivity index (χ2v) is 7.23. The predicted molar refractivity (Wildman–Crippen MR) is 120 cm³/mol. The van der Waals surface area contributed by atoms with Crippen LogP contribution in [0.25, 0.3) is 21.8 Å². The Balaban J connectivity index is 1.87. The van der Waals surface area contributed by atoms with Gasteiger partial charge in [-0.2, -0.15) is 0 Å². The van der Waals surface area contributed by atoms with Gasteiger partial charge in [0.15, 0.2) is 0 Å². The van der Waals surface area contributed by atoms with Crippen LogP contribution in [0.1, 0.15) is 12.5 Å². The van der Waals surface area contributed by atoms with Crippen molar-refractivity contribution in [2.24, 2.45) is 0 Å². The first-order valence-electron chi connectivity index (χ1n) is 9.80. The fraction of sp³-hybridized carbons (Fsp3) is 0.182. The third kappa shape index (κ3) is 4.38. The van der Waals surface area contributed by atoms with Crippen molar-refractivity contribution in [2.45, 2.75) is 13.5 Å². The minimum atomic E-state index is -0.879. The van der Waals surface area contributed by atoms with Crippen LogP contribution in [0.2, 0.25) is 5.02 Å². The van der Waals surface area contributed by atoms with Crippen molar-refractivity contribution in [3.05, 3.63) is 63.3 Å². The number of benzene rings is 2. The number of nitro benzene ring substituents is 1. The number of carbonyl (C=O) groups is 1. The van der Waals surface area contributed by atoms with E-state index < -0.39 is 11.1 Å². The summed E-state index contributed by atoms with van der Waals surface area (Å²) in [5.41, 5.74) is 1.76. The minimum absolute atomic E-state index is 0.0480. The van der Waals surface area contributed by atoms with Crippen molar-refractivity contribution < 1.29 is 28.7 Å². The Labute approximate surface area is 192 Å². The van der Waals surface area contributed by atoms with Crippen LogP contribution < -0.4 is 9.47 Å². The maximum absolute atomic E-state index is 11.9. The minimum Gasteiger partial charge on any atom is -0.455 e. The van der Waals surface area contributed by atoms with E-state index in [9.17, 15) is 14.9 Å². The highest BCUT2D eigenvalue weighted by Crippen LogP contribution is 2.41. The molecule has 4 aromatic rings. The van der Waals surface area contributed by atoms with E-state index in [1.54, 1.807) is 19.1 Å². The van der Waals surface area contributed by atoms with Gasteiger partial charge in [-0.1, -0.05) is 17.7 Å². The average Bonchev–Trinajstić information content (AvgIpc) is 3.16. The molecule has 0 unspecified atom stereocenters. The van der Waals surface area contributed by atoms with Crippen molar-refractivity contribution >= 4 is 45.2 Å². The number of carbonyl (C=O) groups excluding carboxylic acids is 1. The third-order valence-corrected chi connectivity index (χ3v) is 5.06. The summed E-state index contributed by atoms with van der Waals surface area (Å²) in [4.78, 5) is 29.9. The normalized spacial score (nSPS) is 11.0. The lowest BCUT2D eigenvalue weighted by Gasteiger charge is -2.12. The van der Waals surface area contributed by atoms with Gasteiger partial charge in [0.2, 0.25) is 5.88 Å². The molecule has 2 aromatic heterocycles. The predicted octanol–water partition coefficient (Wildman–Crippen LogP) is 5.75. The summed E-state index contributed by atoms with van der Waals surface area (Å²) in [7, 11) is 1.51. The van der Waals surface area contributed by atoms with Crippen molar-refractivity contribution in [3.8, 4) is 17.4 Å². The number of rotatable bonds is 7. The molecule has 170 valence electrons. The third-order valence-electron chi connectivity index (χ3n) is 4.76. The largest absolute Gasteiger partial charge is 0.515 e. The molecule has 0 radical (unpaired) electrons. The number of hydrogen-bond donors (Lipinski definition) is 1. The maximum Gasteiger partial charge on any atom is 0.515 e. The van der Waals surface area contributed by atoms with Crippen LogP contribution in [0, 0.1) is 10.1 Å². The number of non-ortho nitro benzene ring substituents is 1. The van der Waals surface area contributed by atoms with Gasteiger partial charge in [0.25, 0.3) is 5.69 Å². The second-order valence-electron chi connectivity index (χ2n) is 6.83. The summed E-state index contributed by atoms with van der Waals surface area (Å²) in [6.45, 7) is 1.92. The van der Waals surface area contributed by atoms with Crippen LogP contribution in [0.15, 0.2) is 42.6 Å². The van der Waals surface area contributed by atoms with Crippen LogP contribution in [0.4, 0.5) is 10.5 Å². The average molecular weight is 472 g/mol. The molecule has 0 spiro atoms. The number of hydrogen-bond acceptors (Lipinski definition) is 8. The van der Waals surface area contributed by atoms with Gasteiger partial charge in [0.05, 0.1) is 51.3 Å². The molecule has 0 aliphatic rings. The van der Waals surface area contributed by atoms with Crippen LogP contribution in [0.3, 0.4) is 0 Å². The molecule has 2 heterocycles. The van der Waals surface area contributed by atoms with E-state index in [-0.39, 0.29) is 35.6 Å². The molecule has 0 fully saturated rings. The lowest BCUT2D eigenvalue weighted by molar-refractivity contribution is -0.384. The van der Waals surface area contributed by atoms with Gasteiger partial charge in [-0.05, 0) is 25.1 Å². The van der Waals surface area contributed by atoms with Crippen LogP contribution >= 0.6 is 11.6 Å². The number of nitrogens with zero attached hydrogens (tertiary/aromatic N) is 2. The molecular formula is C22H18ClN3O7. The molecule has 0 aliphatic carbocycles. The smallest absolute Gasteiger partial charge is 0.455 e. The Kier molecular flexibility index (Phi) is 6.29. The Hall–Kier alpha value is -3.89. The molecular weight excluding hydrogens is 454 g/mol. The van der Waals surface area contributed by atoms with E-state index in [1.807, 2.05) is 6.07 Å². The van der Waals surface area contributed by atoms with E-state index in [2.05, 4.69) is 9.97 Å². The van der Waals surface area contributed by atoms with Gasteiger partial charge in [-0.25, -0.2) is 9.78 Å². The molecule has 11 heteroatoms. The number of halogens is 1. The SMILES string of the molecule is CCOC(=O)Oc1ncc2[nH]c3cccc(Oc4ccc([N+](=O)[O-])cc4Cl)c3c2c1COC. The van der Waals surface area contributed by atoms with E-state index in [4.69, 9.17) is 30.5 Å². The van der Waals surface area contributed by atoms with E-state index >= 15 is 0 Å². The van der Waals surface area contributed by atoms with Gasteiger partial charge in [0, 0.05) is 24.6 Å². The van der Waals surface area contributed by atoms with Crippen LogP contribution in [0.5, 0.6) is 17.4 Å². The van der Waals surface area contributed by atoms with Crippen LogP contribution in [-0.2, 0) is 16.1 Å². The fourth-order valence-corrected chi connectivity index (χ4v) is 3.65. The summed E-state index contributed by atoms with van der Waals surface area (Å²) in [5, 5.41) is 12.4. The van der Waals surface area contributed by atoms with Gasteiger partial charge in [-0.15, -0.1) is 0 Å². The van der Waals surface area contributed by atoms with Crippen LogP contribution in [-0.4, -0.2) is 34.8 Å². The second kappa shape index (κ2) is 9.31. The van der Waals surface area contributed by atoms with Crippen molar-refractivity contribution in [1.82, 2.24) is 9.97 Å². The Morgan fingerprint density at radius 3 is 2.70 bits per heavy atom. The molecule has 1 N–H and O–H groups in total. The monoisotopic (exact) mass is 471 g/mol. The number of aromatic amines is 1. The first-order valence-corrected chi connectivity index (χ1v) is 10.2. The molecule has 0 aliphatic heterocycles. The topological polar surface area (TPSA) is 126 Å². The van der Waals surface area contributed by atoms with Gasteiger partial charge < -0.3 is 23.9 Å². The first kappa shape index (κ1) is 22.3. The summed E-state index contributed by atoms with van der Waals surface area (Å²) < 4.78 is 21.5. The van der Waals surface area contributed by atoms with Gasteiger partial charge in [0.1, 0.15) is 11.5 Å². The highest BCUT2D eigenvalue weighted by molar-refractivity contribution is 6.32. The molecule has 0 saturated heterocycles. The molecule has 0 saturated carbocycles. The Bertz CT molecular complexity index is 1370. The number of methoxy groups -OCH3 is 1. The molecule has 2 aromatic carbocycles. The Morgan fingerprint density at radius 1 is 1.18 bits per heavy atom. The molecule has 33 heavy (non-hydrogen) atoms. The number of ether oxygens (including phenoxy) is 4. The highest BCUT2D eigenvalue weighted by Gasteiger charge is 2.21. The zero-order valence-electron chi connectivity index (χ0n) is 17.6. The number of aromatic nitrogens is 2. The van der Waals surface area contributed by atoms with E-state index in [0.29, 0.717) is 27.6 Å². The molecule has 10 nitrogen and oxygen atoms in total. The maximum atomic E-state index is 11.9. The number of nitrogens with one attached hydrogen (secondary N) is 1. The molecule has 0 bridgehead atoms. The van der Waals surface area contributed by atoms with Gasteiger partial charge >= 0.3 is 6.16 Å². The number of fused-ring (bicyclic) bond motifs is 3. The Morgan fingerprint density at radius 2 is 2.00 bits per heavy atom. The number of nitro groups is 1. The number of H-pyrrole nitrogens is 1. The van der Waals surface area contributed by atoms with Crippen molar-refractivity contribution in [1.29, 1.82) is 0 Å². The van der Waals surface area contributed by atoms with E-state index in [0.717, 1.165) is 5.52 Å². The lowest BCUT2D eigenvalue weighted by atomic mass is 10.1. The number of pyridine rings is 1.